The molecule has 1 aliphatic rings. The van der Waals surface area contributed by atoms with E-state index in [1.54, 1.807) is 0 Å². The van der Waals surface area contributed by atoms with E-state index in [0.717, 1.165) is 4.47 Å². The molecule has 0 aliphatic heterocycles. The third kappa shape index (κ3) is 3.38. The van der Waals surface area contributed by atoms with Gasteiger partial charge < -0.3 is 4.57 Å². The third-order valence-electron chi connectivity index (χ3n) is 7.22. The molecule has 0 radical (unpaired) electrons. The maximum absolute atomic E-state index is 3.59. The topological polar surface area (TPSA) is 4.93 Å². The minimum atomic E-state index is 0.595. The molecule has 1 aliphatic carbocycles. The van der Waals surface area contributed by atoms with Crippen molar-refractivity contribution in [3.63, 3.8) is 0 Å². The predicted molar refractivity (Wildman–Crippen MR) is 139 cm³/mol. The Morgan fingerprint density at radius 3 is 1.56 bits per heavy atom. The van der Waals surface area contributed by atoms with Gasteiger partial charge in [-0.25, -0.2) is 0 Å². The lowest BCUT2D eigenvalue weighted by molar-refractivity contribution is 0.386. The number of hydrogen-bond donors (Lipinski definition) is 0. The molecule has 1 aromatic heterocycles. The van der Waals surface area contributed by atoms with Crippen molar-refractivity contribution in [3.8, 4) is 5.69 Å². The van der Waals surface area contributed by atoms with Crippen molar-refractivity contribution in [2.24, 2.45) is 0 Å². The van der Waals surface area contributed by atoms with Gasteiger partial charge in [-0.2, -0.15) is 0 Å². The summed E-state index contributed by atoms with van der Waals surface area (Å²) in [6, 6.07) is 35.8. The first-order valence-corrected chi connectivity index (χ1v) is 12.4. The Kier molecular flexibility index (Phi) is 5.11. The van der Waals surface area contributed by atoms with Gasteiger partial charge in [0.05, 0.1) is 11.0 Å². The highest BCUT2D eigenvalue weighted by Gasteiger charge is 2.27. The molecule has 0 amide bonds. The fraction of sp³-hybridized carbons (Fsp3) is 0.200. The molecule has 0 saturated heterocycles. The van der Waals surface area contributed by atoms with Crippen LogP contribution in [0.4, 0.5) is 0 Å². The van der Waals surface area contributed by atoms with Gasteiger partial charge in [0, 0.05) is 20.9 Å². The minimum Gasteiger partial charge on any atom is -0.309 e. The van der Waals surface area contributed by atoms with Gasteiger partial charge in [-0.05, 0) is 72.2 Å². The van der Waals surface area contributed by atoms with E-state index in [4.69, 9.17) is 0 Å². The van der Waals surface area contributed by atoms with E-state index in [0.29, 0.717) is 11.8 Å². The summed E-state index contributed by atoms with van der Waals surface area (Å²) in [6.07, 6.45) is 5.21. The number of para-hydroxylation sites is 2. The Balaban J connectivity index is 1.40. The fourth-order valence-corrected chi connectivity index (χ4v) is 5.97. The summed E-state index contributed by atoms with van der Waals surface area (Å²) in [6.45, 7) is 0. The number of aromatic nitrogens is 1. The predicted octanol–water partition coefficient (Wildman–Crippen LogP) is 8.99. The van der Waals surface area contributed by atoms with Crippen LogP contribution in [0.3, 0.4) is 0 Å². The molecule has 6 rings (SSSR count). The van der Waals surface area contributed by atoms with Crippen LogP contribution in [-0.4, -0.2) is 4.57 Å². The van der Waals surface area contributed by atoms with Crippen LogP contribution < -0.4 is 0 Å². The van der Waals surface area contributed by atoms with Crippen LogP contribution >= 0.6 is 15.9 Å². The lowest BCUT2D eigenvalue weighted by Crippen LogP contribution is -2.16. The zero-order valence-electron chi connectivity index (χ0n) is 18.0. The Bertz CT molecular complexity index is 1330. The minimum absolute atomic E-state index is 0.595. The Morgan fingerprint density at radius 1 is 0.562 bits per heavy atom. The average Bonchev–Trinajstić information content (AvgIpc) is 3.19. The zero-order valence-corrected chi connectivity index (χ0v) is 19.6. The highest BCUT2D eigenvalue weighted by molar-refractivity contribution is 9.10. The van der Waals surface area contributed by atoms with Gasteiger partial charge in [0.2, 0.25) is 0 Å². The number of benzene rings is 4. The highest BCUT2D eigenvalue weighted by atomic mass is 79.9. The van der Waals surface area contributed by atoms with Crippen LogP contribution in [0.5, 0.6) is 0 Å². The van der Waals surface area contributed by atoms with Crippen LogP contribution in [-0.2, 0) is 0 Å². The molecule has 32 heavy (non-hydrogen) atoms. The lowest BCUT2D eigenvalue weighted by Gasteiger charge is -2.32. The molecule has 4 aromatic carbocycles. The van der Waals surface area contributed by atoms with E-state index in [1.807, 2.05) is 0 Å². The zero-order chi connectivity index (χ0) is 21.5. The van der Waals surface area contributed by atoms with E-state index in [-0.39, 0.29) is 0 Å². The summed E-state index contributed by atoms with van der Waals surface area (Å²) < 4.78 is 3.56. The molecule has 0 bridgehead atoms. The summed E-state index contributed by atoms with van der Waals surface area (Å²) in [5.74, 6) is 1.20. The Hall–Kier alpha value is -2.84. The van der Waals surface area contributed by atoms with Crippen molar-refractivity contribution in [2.45, 2.75) is 37.5 Å². The largest absolute Gasteiger partial charge is 0.309 e. The van der Waals surface area contributed by atoms with Gasteiger partial charge in [0.15, 0.2) is 0 Å². The van der Waals surface area contributed by atoms with Crippen molar-refractivity contribution in [2.75, 3.05) is 0 Å². The maximum atomic E-state index is 3.59. The second-order valence-electron chi connectivity index (χ2n) is 9.01. The fourth-order valence-electron chi connectivity index (χ4n) is 5.71. The smallest absolute Gasteiger partial charge is 0.0541 e. The third-order valence-corrected chi connectivity index (χ3v) is 7.75. The van der Waals surface area contributed by atoms with Crippen molar-refractivity contribution in [3.05, 3.63) is 113 Å². The molecular formula is C30H26BrN. The molecule has 5 aromatic rings. The lowest BCUT2D eigenvalue weighted by atomic mass is 9.72. The van der Waals surface area contributed by atoms with Gasteiger partial charge in [-0.3, -0.25) is 0 Å². The SMILES string of the molecule is Brc1ccc(C2CCCC[C@@H]2c2ccc(-n3c4ccccc4c4ccccc43)cc2)cc1. The molecule has 0 spiro atoms. The Labute approximate surface area is 197 Å². The van der Waals surface area contributed by atoms with Crippen molar-refractivity contribution in [1.82, 2.24) is 4.57 Å². The van der Waals surface area contributed by atoms with Crippen LogP contribution in [0, 0.1) is 0 Å². The summed E-state index contributed by atoms with van der Waals surface area (Å²) in [4.78, 5) is 0. The average molecular weight is 480 g/mol. The number of fused-ring (bicyclic) bond motifs is 3. The number of nitrogens with zero attached hydrogens (tertiary/aromatic N) is 1. The maximum Gasteiger partial charge on any atom is 0.0541 e. The Morgan fingerprint density at radius 2 is 1.03 bits per heavy atom. The normalized spacial score (nSPS) is 18.9. The van der Waals surface area contributed by atoms with Crippen molar-refractivity contribution in [1.29, 1.82) is 0 Å². The van der Waals surface area contributed by atoms with E-state index < -0.39 is 0 Å². The van der Waals surface area contributed by atoms with E-state index in [9.17, 15) is 0 Å². The van der Waals surface area contributed by atoms with Gasteiger partial charge >= 0.3 is 0 Å². The molecule has 1 unspecified atom stereocenters. The summed E-state index contributed by atoms with van der Waals surface area (Å²) in [5, 5.41) is 2.63. The van der Waals surface area contributed by atoms with Gasteiger partial charge in [0.1, 0.15) is 0 Å². The molecule has 1 fully saturated rings. The molecule has 1 nitrogen and oxygen atoms in total. The first-order chi connectivity index (χ1) is 15.8. The highest BCUT2D eigenvalue weighted by Crippen LogP contribution is 2.44. The van der Waals surface area contributed by atoms with Crippen molar-refractivity contribution < 1.29 is 0 Å². The van der Waals surface area contributed by atoms with Gasteiger partial charge in [0.25, 0.3) is 0 Å². The second kappa shape index (κ2) is 8.26. The number of halogens is 1. The summed E-state index contributed by atoms with van der Waals surface area (Å²) >= 11 is 3.59. The number of rotatable bonds is 3. The monoisotopic (exact) mass is 479 g/mol. The second-order valence-corrected chi connectivity index (χ2v) is 9.93. The first kappa shape index (κ1) is 19.8. The first-order valence-electron chi connectivity index (χ1n) is 11.6. The molecule has 1 saturated carbocycles. The molecule has 2 heteroatoms. The summed E-state index contributed by atoms with van der Waals surface area (Å²) in [7, 11) is 0. The van der Waals surface area contributed by atoms with E-state index in [1.165, 1.54) is 64.3 Å². The molecular weight excluding hydrogens is 454 g/mol. The van der Waals surface area contributed by atoms with E-state index >= 15 is 0 Å². The van der Waals surface area contributed by atoms with Crippen LogP contribution in [0.15, 0.2) is 102 Å². The standard InChI is InChI=1S/C30H26BrN/c31-23-17-13-21(14-18-23)25-7-1-2-8-26(25)22-15-19-24(20-16-22)32-29-11-5-3-9-27(29)28-10-4-6-12-30(28)32/h3-6,9-20,25-26H,1-2,7-8H2/t25?,26-/m1/s1. The molecule has 0 N–H and O–H groups in total. The van der Waals surface area contributed by atoms with E-state index in [2.05, 4.69) is 118 Å². The van der Waals surface area contributed by atoms with Gasteiger partial charge in [-0.1, -0.05) is 89.4 Å². The molecule has 2 atom stereocenters. The number of hydrogen-bond acceptors (Lipinski definition) is 0. The van der Waals surface area contributed by atoms with Gasteiger partial charge in [-0.15, -0.1) is 0 Å². The quantitative estimate of drug-likeness (QED) is 0.243. The molecule has 158 valence electrons. The summed E-state index contributed by atoms with van der Waals surface area (Å²) in [5.41, 5.74) is 6.73. The van der Waals surface area contributed by atoms with Crippen LogP contribution in [0.25, 0.3) is 27.5 Å². The van der Waals surface area contributed by atoms with Crippen LogP contribution in [0.1, 0.15) is 48.6 Å². The van der Waals surface area contributed by atoms with Crippen molar-refractivity contribution >= 4 is 37.7 Å². The molecule has 1 heterocycles. The van der Waals surface area contributed by atoms with Crippen LogP contribution in [0.2, 0.25) is 0 Å².